The van der Waals surface area contributed by atoms with E-state index in [2.05, 4.69) is 45.1 Å². The van der Waals surface area contributed by atoms with Crippen molar-refractivity contribution < 1.29 is 9.22 Å². The Balaban J connectivity index is 2.05. The van der Waals surface area contributed by atoms with Crippen molar-refractivity contribution in [2.75, 3.05) is 0 Å². The fraction of sp³-hybridized carbons (Fsp3) is 0.824. The molecular formula is C17H29NO2Si. The van der Waals surface area contributed by atoms with Crippen LogP contribution in [0.15, 0.2) is 0 Å². The molecule has 1 saturated heterocycles. The predicted molar refractivity (Wildman–Crippen MR) is 88.2 cm³/mol. The van der Waals surface area contributed by atoms with Gasteiger partial charge in [-0.1, -0.05) is 20.8 Å². The molecule has 2 aliphatic rings. The predicted octanol–water partition coefficient (Wildman–Crippen LogP) is 3.17. The van der Waals surface area contributed by atoms with Gasteiger partial charge in [0.05, 0.1) is 18.1 Å². The summed E-state index contributed by atoms with van der Waals surface area (Å²) in [6.07, 6.45) is 8.04. The van der Waals surface area contributed by atoms with Crippen LogP contribution in [0.4, 0.5) is 0 Å². The second-order valence-electron chi connectivity index (χ2n) is 8.17. The van der Waals surface area contributed by atoms with Crippen LogP contribution < -0.4 is 5.32 Å². The smallest absolute Gasteiger partial charge is 0.228 e. The molecule has 0 aromatic carbocycles. The van der Waals surface area contributed by atoms with Crippen molar-refractivity contribution in [1.29, 1.82) is 0 Å². The molecule has 4 heteroatoms. The number of rotatable bonds is 5. The van der Waals surface area contributed by atoms with Gasteiger partial charge in [0.1, 0.15) is 0 Å². The van der Waals surface area contributed by atoms with E-state index in [9.17, 15) is 4.79 Å². The van der Waals surface area contributed by atoms with Gasteiger partial charge in [0.25, 0.3) is 0 Å². The van der Waals surface area contributed by atoms with Gasteiger partial charge in [0.2, 0.25) is 5.91 Å². The maximum Gasteiger partial charge on any atom is 0.228 e. The van der Waals surface area contributed by atoms with Crippen LogP contribution in [0.1, 0.15) is 40.5 Å². The fourth-order valence-electron chi connectivity index (χ4n) is 2.94. The summed E-state index contributed by atoms with van der Waals surface area (Å²) >= 11 is 0. The molecule has 1 heterocycles. The SMILES string of the molecule is C#CC(C1CC1)[C@H]1NC(=O)[C@@H]1[C@@H](C)O[Si](C)(C)C(C)(C)C. The minimum Gasteiger partial charge on any atom is -0.413 e. The topological polar surface area (TPSA) is 38.3 Å². The molecule has 4 atom stereocenters. The number of hydrogen-bond acceptors (Lipinski definition) is 2. The van der Waals surface area contributed by atoms with Gasteiger partial charge < -0.3 is 9.74 Å². The van der Waals surface area contributed by atoms with Crippen LogP contribution in [0.25, 0.3) is 0 Å². The molecule has 1 saturated carbocycles. The third-order valence-electron chi connectivity index (χ3n) is 5.50. The summed E-state index contributed by atoms with van der Waals surface area (Å²) in [4.78, 5) is 12.0. The molecule has 0 spiro atoms. The summed E-state index contributed by atoms with van der Waals surface area (Å²) in [6.45, 7) is 13.2. The van der Waals surface area contributed by atoms with Crippen molar-refractivity contribution in [2.24, 2.45) is 17.8 Å². The number of β-lactam (4-membered cyclic amide) rings is 1. The molecule has 118 valence electrons. The Morgan fingerprint density at radius 1 is 1.38 bits per heavy atom. The first-order valence-electron chi connectivity index (χ1n) is 8.03. The molecule has 0 bridgehead atoms. The van der Waals surface area contributed by atoms with Crippen LogP contribution in [0.3, 0.4) is 0 Å². The molecule has 1 aliphatic heterocycles. The Labute approximate surface area is 130 Å². The first kappa shape index (κ1) is 16.6. The Hall–Kier alpha value is -0.793. The molecule has 1 aliphatic carbocycles. The summed E-state index contributed by atoms with van der Waals surface area (Å²) in [5.74, 6) is 3.71. The van der Waals surface area contributed by atoms with E-state index in [1.165, 1.54) is 12.8 Å². The second kappa shape index (κ2) is 5.44. The summed E-state index contributed by atoms with van der Waals surface area (Å²) in [6, 6.07) is 0.106. The van der Waals surface area contributed by atoms with Crippen LogP contribution >= 0.6 is 0 Å². The fourth-order valence-corrected chi connectivity index (χ4v) is 4.37. The highest BCUT2D eigenvalue weighted by molar-refractivity contribution is 6.74. The molecule has 2 fully saturated rings. The maximum atomic E-state index is 12.0. The van der Waals surface area contributed by atoms with Crippen LogP contribution in [0.5, 0.6) is 0 Å². The highest BCUT2D eigenvalue weighted by atomic mass is 28.4. The summed E-state index contributed by atoms with van der Waals surface area (Å²) < 4.78 is 6.41. The van der Waals surface area contributed by atoms with E-state index in [-0.39, 0.29) is 34.9 Å². The highest BCUT2D eigenvalue weighted by Gasteiger charge is 2.52. The lowest BCUT2D eigenvalue weighted by Gasteiger charge is -2.47. The molecular weight excluding hydrogens is 278 g/mol. The zero-order valence-electron chi connectivity index (χ0n) is 14.2. The van der Waals surface area contributed by atoms with Gasteiger partial charge in [-0.3, -0.25) is 4.79 Å². The standard InChI is InChI=1S/C17H29NO2Si/c1-8-13(12-9-10-12)15-14(16(19)18-15)11(2)20-21(6,7)17(3,4)5/h1,11-15H,9-10H2,2-7H3,(H,18,19)/t11-,13?,14-,15-/m1/s1. The molecule has 2 rings (SSSR count). The number of terminal acetylenes is 1. The lowest BCUT2D eigenvalue weighted by atomic mass is 9.76. The van der Waals surface area contributed by atoms with Gasteiger partial charge in [-0.15, -0.1) is 12.3 Å². The van der Waals surface area contributed by atoms with Crippen molar-refractivity contribution in [3.8, 4) is 12.3 Å². The molecule has 21 heavy (non-hydrogen) atoms. The van der Waals surface area contributed by atoms with Gasteiger partial charge in [0, 0.05) is 5.92 Å². The third kappa shape index (κ3) is 3.19. The molecule has 0 aromatic rings. The first-order chi connectivity index (χ1) is 9.58. The third-order valence-corrected chi connectivity index (χ3v) is 10.1. The Bertz CT molecular complexity index is 456. The molecule has 0 radical (unpaired) electrons. The number of carbonyl (C=O) groups is 1. The van der Waals surface area contributed by atoms with Crippen LogP contribution in [0, 0.1) is 30.1 Å². The van der Waals surface area contributed by atoms with E-state index < -0.39 is 8.32 Å². The first-order valence-corrected chi connectivity index (χ1v) is 10.9. The number of nitrogens with one attached hydrogen (secondary N) is 1. The lowest BCUT2D eigenvalue weighted by molar-refractivity contribution is -0.141. The highest BCUT2D eigenvalue weighted by Crippen LogP contribution is 2.44. The number of hydrogen-bond donors (Lipinski definition) is 1. The largest absolute Gasteiger partial charge is 0.413 e. The monoisotopic (exact) mass is 307 g/mol. The molecule has 3 nitrogen and oxygen atoms in total. The zero-order chi connectivity index (χ0) is 16.0. The molecule has 1 unspecified atom stereocenters. The van der Waals surface area contributed by atoms with Crippen molar-refractivity contribution in [3.05, 3.63) is 0 Å². The van der Waals surface area contributed by atoms with E-state index >= 15 is 0 Å². The number of amides is 1. The normalized spacial score (nSPS) is 29.1. The van der Waals surface area contributed by atoms with E-state index in [1.54, 1.807) is 0 Å². The summed E-state index contributed by atoms with van der Waals surface area (Å²) in [7, 11) is -1.86. The van der Waals surface area contributed by atoms with Gasteiger partial charge >= 0.3 is 0 Å². The van der Waals surface area contributed by atoms with Gasteiger partial charge in [-0.05, 0) is 43.8 Å². The molecule has 1 N–H and O–H groups in total. The second-order valence-corrected chi connectivity index (χ2v) is 12.9. The quantitative estimate of drug-likeness (QED) is 0.481. The zero-order valence-corrected chi connectivity index (χ0v) is 15.2. The summed E-state index contributed by atoms with van der Waals surface area (Å²) in [5.41, 5.74) is 0. The minimum absolute atomic E-state index is 0.0563. The van der Waals surface area contributed by atoms with Crippen LogP contribution in [-0.2, 0) is 9.22 Å². The van der Waals surface area contributed by atoms with Gasteiger partial charge in [-0.2, -0.15) is 0 Å². The van der Waals surface area contributed by atoms with Crippen LogP contribution in [0.2, 0.25) is 18.1 Å². The van der Waals surface area contributed by atoms with Crippen molar-refractivity contribution in [1.82, 2.24) is 5.32 Å². The average molecular weight is 308 g/mol. The Kier molecular flexibility index (Phi) is 4.29. The maximum absolute atomic E-state index is 12.0. The van der Waals surface area contributed by atoms with E-state index in [1.807, 2.05) is 6.92 Å². The van der Waals surface area contributed by atoms with E-state index in [4.69, 9.17) is 10.8 Å². The van der Waals surface area contributed by atoms with Crippen molar-refractivity contribution in [3.63, 3.8) is 0 Å². The van der Waals surface area contributed by atoms with Crippen molar-refractivity contribution in [2.45, 2.75) is 70.8 Å². The molecule has 0 aromatic heterocycles. The van der Waals surface area contributed by atoms with Gasteiger partial charge in [-0.25, -0.2) is 0 Å². The lowest BCUT2D eigenvalue weighted by Crippen LogP contribution is -2.66. The Morgan fingerprint density at radius 2 is 1.95 bits per heavy atom. The molecule has 1 amide bonds. The minimum atomic E-state index is -1.86. The summed E-state index contributed by atoms with van der Waals surface area (Å²) in [5, 5.41) is 3.18. The van der Waals surface area contributed by atoms with E-state index in [0.717, 1.165) is 0 Å². The van der Waals surface area contributed by atoms with E-state index in [0.29, 0.717) is 5.92 Å². The van der Waals surface area contributed by atoms with Gasteiger partial charge in [0.15, 0.2) is 8.32 Å². The van der Waals surface area contributed by atoms with Crippen LogP contribution in [-0.4, -0.2) is 26.4 Å². The van der Waals surface area contributed by atoms with Crippen molar-refractivity contribution >= 4 is 14.2 Å². The Morgan fingerprint density at radius 3 is 2.33 bits per heavy atom. The number of carbonyl (C=O) groups excluding carboxylic acids is 1. The average Bonchev–Trinajstić information content (AvgIpc) is 3.10.